The zero-order chi connectivity index (χ0) is 22.0. The number of nitrogens with one attached hydrogen (secondary N) is 1. The number of aromatic amines is 1. The number of para-hydroxylation sites is 2. The summed E-state index contributed by atoms with van der Waals surface area (Å²) in [7, 11) is 3.39. The van der Waals surface area contributed by atoms with Gasteiger partial charge in [0.1, 0.15) is 17.9 Å². The molecule has 4 rings (SSSR count). The van der Waals surface area contributed by atoms with E-state index in [4.69, 9.17) is 4.74 Å². The third kappa shape index (κ3) is 3.88. The van der Waals surface area contributed by atoms with Gasteiger partial charge in [-0.3, -0.25) is 18.9 Å². The fraction of sp³-hybridized carbons (Fsp3) is 0.350. The summed E-state index contributed by atoms with van der Waals surface area (Å²) in [6.45, 7) is 2.56. The number of aromatic nitrogens is 7. The normalized spacial score (nSPS) is 11.3. The summed E-state index contributed by atoms with van der Waals surface area (Å²) in [6.07, 6.45) is 3.38. The number of aryl methyl sites for hydroxylation is 2. The minimum Gasteiger partial charge on any atom is -0.495 e. The zero-order valence-electron chi connectivity index (χ0n) is 17.5. The highest BCUT2D eigenvalue weighted by Gasteiger charge is 2.18. The van der Waals surface area contributed by atoms with Gasteiger partial charge in [-0.25, -0.2) is 9.78 Å². The second kappa shape index (κ2) is 8.80. The third-order valence-electron chi connectivity index (χ3n) is 5.03. The van der Waals surface area contributed by atoms with Crippen LogP contribution in [0.5, 0.6) is 5.75 Å². The van der Waals surface area contributed by atoms with Crippen LogP contribution in [-0.4, -0.2) is 41.0 Å². The number of unbranched alkanes of at least 4 members (excludes halogenated alkanes) is 1. The Balaban J connectivity index is 1.68. The van der Waals surface area contributed by atoms with Crippen LogP contribution in [0, 0.1) is 0 Å². The van der Waals surface area contributed by atoms with Crippen LogP contribution < -0.4 is 16.0 Å². The van der Waals surface area contributed by atoms with Gasteiger partial charge in [-0.2, -0.15) is 0 Å². The molecule has 0 aliphatic heterocycles. The molecule has 1 aromatic carbocycles. The molecule has 0 radical (unpaired) electrons. The molecule has 162 valence electrons. The van der Waals surface area contributed by atoms with E-state index >= 15 is 0 Å². The van der Waals surface area contributed by atoms with Gasteiger partial charge in [-0.15, -0.1) is 10.2 Å². The predicted molar refractivity (Wildman–Crippen MR) is 118 cm³/mol. The molecule has 0 spiro atoms. The number of methoxy groups -OCH3 is 1. The summed E-state index contributed by atoms with van der Waals surface area (Å²) in [6, 6.07) is 7.61. The quantitative estimate of drug-likeness (QED) is 0.417. The van der Waals surface area contributed by atoms with Crippen molar-refractivity contribution in [1.29, 1.82) is 0 Å². The highest BCUT2D eigenvalue weighted by molar-refractivity contribution is 7.98. The molecule has 0 amide bonds. The first-order valence-corrected chi connectivity index (χ1v) is 10.9. The molecule has 0 bridgehead atoms. The molecule has 1 N–H and O–H groups in total. The van der Waals surface area contributed by atoms with Gasteiger partial charge >= 0.3 is 5.69 Å². The van der Waals surface area contributed by atoms with E-state index < -0.39 is 11.2 Å². The number of ether oxygens (including phenoxy) is 1. The molecule has 0 saturated heterocycles. The van der Waals surface area contributed by atoms with Crippen molar-refractivity contribution in [3.05, 3.63) is 57.3 Å². The molecule has 0 aliphatic carbocycles. The van der Waals surface area contributed by atoms with Crippen molar-refractivity contribution in [2.75, 3.05) is 7.11 Å². The summed E-state index contributed by atoms with van der Waals surface area (Å²) in [5.74, 6) is 1.81. The average Bonchev–Trinajstić information content (AvgIpc) is 3.36. The number of hydrogen-bond donors (Lipinski definition) is 1. The predicted octanol–water partition coefficient (Wildman–Crippen LogP) is 2.11. The average molecular weight is 442 g/mol. The highest BCUT2D eigenvalue weighted by Crippen LogP contribution is 2.28. The molecule has 3 heterocycles. The molecule has 0 unspecified atom stereocenters. The van der Waals surface area contributed by atoms with E-state index in [1.165, 1.54) is 16.3 Å². The van der Waals surface area contributed by atoms with Crippen LogP contribution >= 0.6 is 11.8 Å². The van der Waals surface area contributed by atoms with Gasteiger partial charge in [-0.05, 0) is 18.6 Å². The third-order valence-corrected chi connectivity index (χ3v) is 5.97. The van der Waals surface area contributed by atoms with Gasteiger partial charge in [0.2, 0.25) is 0 Å². The first kappa shape index (κ1) is 20.9. The summed E-state index contributed by atoms with van der Waals surface area (Å²) in [5.41, 5.74) is 0.756. The number of benzene rings is 1. The Morgan fingerprint density at radius 2 is 2.03 bits per heavy atom. The van der Waals surface area contributed by atoms with Crippen LogP contribution in [0.2, 0.25) is 0 Å². The molecular weight excluding hydrogens is 418 g/mol. The van der Waals surface area contributed by atoms with Gasteiger partial charge < -0.3 is 9.30 Å². The van der Waals surface area contributed by atoms with E-state index in [-0.39, 0.29) is 0 Å². The van der Waals surface area contributed by atoms with Crippen LogP contribution in [0.3, 0.4) is 0 Å². The van der Waals surface area contributed by atoms with Gasteiger partial charge in [-0.1, -0.05) is 37.2 Å². The van der Waals surface area contributed by atoms with E-state index in [0.717, 1.165) is 18.5 Å². The maximum absolute atomic E-state index is 12.4. The highest BCUT2D eigenvalue weighted by atomic mass is 32.2. The maximum Gasteiger partial charge on any atom is 0.330 e. The van der Waals surface area contributed by atoms with Crippen molar-refractivity contribution in [3.63, 3.8) is 0 Å². The number of thioether (sulfide) groups is 1. The Morgan fingerprint density at radius 3 is 2.81 bits per heavy atom. The van der Waals surface area contributed by atoms with Crippen LogP contribution in [0.25, 0.3) is 16.9 Å². The summed E-state index contributed by atoms with van der Waals surface area (Å²) >= 11 is 1.43. The summed E-state index contributed by atoms with van der Waals surface area (Å²) < 4.78 is 10.5. The minimum atomic E-state index is -0.434. The lowest BCUT2D eigenvalue weighted by Crippen LogP contribution is -2.31. The summed E-state index contributed by atoms with van der Waals surface area (Å²) in [5, 5.41) is 8.91. The van der Waals surface area contributed by atoms with Crippen molar-refractivity contribution in [2.24, 2.45) is 7.05 Å². The molecule has 3 aromatic heterocycles. The number of rotatable bonds is 8. The van der Waals surface area contributed by atoms with E-state index in [2.05, 4.69) is 20.2 Å². The van der Waals surface area contributed by atoms with Gasteiger partial charge in [0.15, 0.2) is 16.3 Å². The molecule has 0 atom stereocenters. The Labute approximate surface area is 181 Å². The fourth-order valence-electron chi connectivity index (χ4n) is 3.39. The Kier molecular flexibility index (Phi) is 5.94. The van der Waals surface area contributed by atoms with Gasteiger partial charge in [0.25, 0.3) is 5.56 Å². The Bertz CT molecular complexity index is 1330. The number of imidazole rings is 1. The van der Waals surface area contributed by atoms with Crippen LogP contribution in [0.15, 0.2) is 45.3 Å². The van der Waals surface area contributed by atoms with E-state index in [9.17, 15) is 9.59 Å². The van der Waals surface area contributed by atoms with Crippen molar-refractivity contribution < 1.29 is 4.74 Å². The van der Waals surface area contributed by atoms with Crippen molar-refractivity contribution >= 4 is 22.9 Å². The minimum absolute atomic E-state index is 0.387. The maximum atomic E-state index is 12.4. The molecule has 4 aromatic rings. The fourth-order valence-corrected chi connectivity index (χ4v) is 4.30. The van der Waals surface area contributed by atoms with Gasteiger partial charge in [0.05, 0.1) is 18.6 Å². The first-order chi connectivity index (χ1) is 15.0. The Morgan fingerprint density at radius 1 is 1.23 bits per heavy atom. The first-order valence-electron chi connectivity index (χ1n) is 9.89. The molecule has 0 fully saturated rings. The van der Waals surface area contributed by atoms with Crippen molar-refractivity contribution in [2.45, 2.75) is 37.2 Å². The smallest absolute Gasteiger partial charge is 0.330 e. The molecule has 0 aliphatic rings. The van der Waals surface area contributed by atoms with E-state index in [1.807, 2.05) is 35.8 Å². The standard InChI is InChI=1S/C20H23N7O3S/c1-4-5-10-26-17-16(18(28)23-19(26)29)25(2)15(22-17)11-31-20-24-21-12-27(20)13-8-6-7-9-14(13)30-3/h6-9,12H,4-5,10-11H2,1-3H3,(H,23,28,29). The number of nitrogens with zero attached hydrogens (tertiary/aromatic N) is 6. The van der Waals surface area contributed by atoms with Gasteiger partial charge in [0, 0.05) is 13.6 Å². The lowest BCUT2D eigenvalue weighted by Gasteiger charge is -2.10. The largest absolute Gasteiger partial charge is 0.495 e. The monoisotopic (exact) mass is 441 g/mol. The van der Waals surface area contributed by atoms with E-state index in [1.54, 1.807) is 25.1 Å². The second-order valence-electron chi connectivity index (χ2n) is 6.97. The lowest BCUT2D eigenvalue weighted by molar-refractivity contribution is 0.412. The van der Waals surface area contributed by atoms with Crippen LogP contribution in [0.1, 0.15) is 25.6 Å². The van der Waals surface area contributed by atoms with Crippen molar-refractivity contribution in [1.82, 2.24) is 33.9 Å². The Hall–Kier alpha value is -3.34. The number of H-pyrrole nitrogens is 1. The molecule has 11 heteroatoms. The lowest BCUT2D eigenvalue weighted by atomic mass is 10.3. The molecule has 31 heavy (non-hydrogen) atoms. The van der Waals surface area contributed by atoms with Crippen molar-refractivity contribution in [3.8, 4) is 11.4 Å². The van der Waals surface area contributed by atoms with E-state index in [0.29, 0.717) is 40.2 Å². The summed E-state index contributed by atoms with van der Waals surface area (Å²) in [4.78, 5) is 31.8. The molecular formula is C20H23N7O3S. The van der Waals surface area contributed by atoms with Crippen LogP contribution in [-0.2, 0) is 19.3 Å². The number of fused-ring (bicyclic) bond motifs is 1. The second-order valence-corrected chi connectivity index (χ2v) is 7.91. The number of hydrogen-bond acceptors (Lipinski definition) is 7. The zero-order valence-corrected chi connectivity index (χ0v) is 18.3. The topological polar surface area (TPSA) is 113 Å². The van der Waals surface area contributed by atoms with Crippen LogP contribution in [0.4, 0.5) is 0 Å². The SMILES string of the molecule is CCCCn1c(=O)[nH]c(=O)c2c1nc(CSc1nncn1-c1ccccc1OC)n2C. The molecule has 0 saturated carbocycles. The molecule has 10 nitrogen and oxygen atoms in total.